The molecule has 7 heteroatoms. The molecular formula is C21H33IN4OS. The molecular weight excluding hydrogens is 483 g/mol. The van der Waals surface area contributed by atoms with Crippen molar-refractivity contribution in [2.45, 2.75) is 54.6 Å². The highest BCUT2D eigenvalue weighted by Crippen LogP contribution is 2.51. The molecule has 0 saturated heterocycles. The lowest BCUT2D eigenvalue weighted by Crippen LogP contribution is -2.44. The SMILES string of the molecule is CN=C(NCCNC(=O)CC1CCCC1)NCC1(Sc2ccccc2)CC1.I. The summed E-state index contributed by atoms with van der Waals surface area (Å²) >= 11 is 1.95. The molecule has 2 aliphatic rings. The summed E-state index contributed by atoms with van der Waals surface area (Å²) in [6.45, 7) is 2.23. The molecule has 28 heavy (non-hydrogen) atoms. The summed E-state index contributed by atoms with van der Waals surface area (Å²) in [6, 6.07) is 10.6. The van der Waals surface area contributed by atoms with E-state index in [1.54, 1.807) is 7.05 Å². The highest BCUT2D eigenvalue weighted by molar-refractivity contribution is 14.0. The lowest BCUT2D eigenvalue weighted by Gasteiger charge is -2.18. The summed E-state index contributed by atoms with van der Waals surface area (Å²) in [7, 11) is 1.79. The van der Waals surface area contributed by atoms with Crippen molar-refractivity contribution < 1.29 is 4.79 Å². The Morgan fingerprint density at radius 2 is 1.79 bits per heavy atom. The molecule has 2 saturated carbocycles. The molecule has 156 valence electrons. The maximum Gasteiger partial charge on any atom is 0.220 e. The van der Waals surface area contributed by atoms with Crippen LogP contribution < -0.4 is 16.0 Å². The van der Waals surface area contributed by atoms with Crippen LogP contribution >= 0.6 is 35.7 Å². The fraction of sp³-hybridized carbons (Fsp3) is 0.619. The molecule has 1 aromatic rings. The monoisotopic (exact) mass is 516 g/mol. The van der Waals surface area contributed by atoms with Crippen molar-refractivity contribution in [3.63, 3.8) is 0 Å². The Labute approximate surface area is 190 Å². The molecule has 0 radical (unpaired) electrons. The van der Waals surface area contributed by atoms with Crippen LogP contribution in [0.25, 0.3) is 0 Å². The zero-order valence-corrected chi connectivity index (χ0v) is 19.9. The van der Waals surface area contributed by atoms with Gasteiger partial charge in [-0.25, -0.2) is 0 Å². The van der Waals surface area contributed by atoms with Crippen molar-refractivity contribution in [1.29, 1.82) is 0 Å². The number of aliphatic imine (C=N–C) groups is 1. The third-order valence-electron chi connectivity index (χ3n) is 5.38. The van der Waals surface area contributed by atoms with E-state index >= 15 is 0 Å². The van der Waals surface area contributed by atoms with Gasteiger partial charge in [0.25, 0.3) is 0 Å². The van der Waals surface area contributed by atoms with Gasteiger partial charge < -0.3 is 16.0 Å². The Hall–Kier alpha value is -0.960. The van der Waals surface area contributed by atoms with Gasteiger partial charge in [0.1, 0.15) is 0 Å². The molecule has 3 rings (SSSR count). The molecule has 0 spiro atoms. The van der Waals surface area contributed by atoms with E-state index in [0.29, 0.717) is 25.4 Å². The van der Waals surface area contributed by atoms with Gasteiger partial charge in [0, 0.05) is 42.7 Å². The molecule has 2 aliphatic carbocycles. The van der Waals surface area contributed by atoms with Crippen molar-refractivity contribution in [2.24, 2.45) is 10.9 Å². The van der Waals surface area contributed by atoms with E-state index in [0.717, 1.165) is 12.5 Å². The van der Waals surface area contributed by atoms with Crippen LogP contribution in [0.5, 0.6) is 0 Å². The smallest absolute Gasteiger partial charge is 0.220 e. The summed E-state index contributed by atoms with van der Waals surface area (Å²) in [5.41, 5.74) is 0. The van der Waals surface area contributed by atoms with Gasteiger partial charge in [-0.05, 0) is 43.7 Å². The van der Waals surface area contributed by atoms with E-state index in [4.69, 9.17) is 0 Å². The highest BCUT2D eigenvalue weighted by atomic mass is 127. The minimum atomic E-state index is 0. The Morgan fingerprint density at radius 1 is 1.11 bits per heavy atom. The van der Waals surface area contributed by atoms with Crippen LogP contribution in [0.15, 0.2) is 40.2 Å². The van der Waals surface area contributed by atoms with Crippen LogP contribution in [0.3, 0.4) is 0 Å². The van der Waals surface area contributed by atoms with Crippen LogP contribution in [0.4, 0.5) is 0 Å². The number of carbonyl (C=O) groups is 1. The summed E-state index contributed by atoms with van der Waals surface area (Å²) in [6.07, 6.45) is 8.14. The third-order valence-corrected chi connectivity index (χ3v) is 6.87. The van der Waals surface area contributed by atoms with Crippen molar-refractivity contribution in [3.05, 3.63) is 30.3 Å². The number of thioether (sulfide) groups is 1. The first-order chi connectivity index (χ1) is 13.2. The van der Waals surface area contributed by atoms with E-state index in [2.05, 4.69) is 51.3 Å². The number of benzene rings is 1. The van der Waals surface area contributed by atoms with E-state index < -0.39 is 0 Å². The number of rotatable bonds is 9. The lowest BCUT2D eigenvalue weighted by atomic mass is 10.0. The Kier molecular flexibility index (Phi) is 9.91. The second-order valence-electron chi connectivity index (χ2n) is 7.66. The topological polar surface area (TPSA) is 65.5 Å². The lowest BCUT2D eigenvalue weighted by molar-refractivity contribution is -0.121. The normalized spacial score (nSPS) is 18.2. The minimum absolute atomic E-state index is 0. The number of halogens is 1. The molecule has 0 heterocycles. The largest absolute Gasteiger partial charge is 0.355 e. The summed E-state index contributed by atoms with van der Waals surface area (Å²) < 4.78 is 0.286. The second kappa shape index (κ2) is 11.9. The van der Waals surface area contributed by atoms with Crippen molar-refractivity contribution in [1.82, 2.24) is 16.0 Å². The Morgan fingerprint density at radius 3 is 2.43 bits per heavy atom. The number of hydrogen-bond acceptors (Lipinski definition) is 3. The standard InChI is InChI=1S/C21H32N4OS.HI/c1-22-20(24-14-13-23-19(26)15-17-7-5-6-8-17)25-16-21(11-12-21)27-18-9-3-2-4-10-18;/h2-4,9-10,17H,5-8,11-16H2,1H3,(H,23,26)(H2,22,24,25);1H. The first-order valence-corrected chi connectivity index (χ1v) is 11.0. The van der Waals surface area contributed by atoms with Gasteiger partial charge in [0.2, 0.25) is 5.91 Å². The van der Waals surface area contributed by atoms with Gasteiger partial charge in [0.05, 0.1) is 0 Å². The predicted octanol–water partition coefficient (Wildman–Crippen LogP) is 3.79. The molecule has 1 aromatic carbocycles. The Bertz CT molecular complexity index is 631. The molecule has 3 N–H and O–H groups in total. The van der Waals surface area contributed by atoms with Crippen LogP contribution in [-0.4, -0.2) is 43.3 Å². The molecule has 0 aromatic heterocycles. The number of carbonyl (C=O) groups excluding carboxylic acids is 1. The fourth-order valence-electron chi connectivity index (χ4n) is 3.59. The summed E-state index contributed by atoms with van der Waals surface area (Å²) in [4.78, 5) is 17.6. The maximum atomic E-state index is 12.0. The average Bonchev–Trinajstić information content (AvgIpc) is 3.24. The van der Waals surface area contributed by atoms with Gasteiger partial charge >= 0.3 is 0 Å². The van der Waals surface area contributed by atoms with Crippen LogP contribution in [-0.2, 0) is 4.79 Å². The van der Waals surface area contributed by atoms with Gasteiger partial charge in [-0.2, -0.15) is 0 Å². The van der Waals surface area contributed by atoms with E-state index in [-0.39, 0.29) is 34.6 Å². The first-order valence-electron chi connectivity index (χ1n) is 10.1. The van der Waals surface area contributed by atoms with Crippen LogP contribution in [0.1, 0.15) is 44.9 Å². The summed E-state index contributed by atoms with van der Waals surface area (Å²) in [5, 5.41) is 9.76. The predicted molar refractivity (Wildman–Crippen MR) is 129 cm³/mol. The molecule has 0 atom stereocenters. The van der Waals surface area contributed by atoms with Crippen molar-refractivity contribution in [3.8, 4) is 0 Å². The molecule has 0 aliphatic heterocycles. The van der Waals surface area contributed by atoms with Crippen molar-refractivity contribution in [2.75, 3.05) is 26.7 Å². The minimum Gasteiger partial charge on any atom is -0.355 e. The third kappa shape index (κ3) is 7.81. The molecule has 5 nitrogen and oxygen atoms in total. The molecule has 2 fully saturated rings. The Balaban J connectivity index is 0.00000280. The van der Waals surface area contributed by atoms with E-state index in [1.807, 2.05) is 11.8 Å². The number of nitrogens with one attached hydrogen (secondary N) is 3. The maximum absolute atomic E-state index is 12.0. The number of guanidine groups is 1. The van der Waals surface area contributed by atoms with Gasteiger partial charge in [0.15, 0.2) is 5.96 Å². The number of amides is 1. The molecule has 0 unspecified atom stereocenters. The fourth-order valence-corrected chi connectivity index (χ4v) is 4.83. The van der Waals surface area contributed by atoms with Crippen LogP contribution in [0, 0.1) is 5.92 Å². The molecule has 0 bridgehead atoms. The van der Waals surface area contributed by atoms with Gasteiger partial charge in [-0.15, -0.1) is 35.7 Å². The number of hydrogen-bond donors (Lipinski definition) is 3. The van der Waals surface area contributed by atoms with Gasteiger partial charge in [-0.1, -0.05) is 31.0 Å². The van der Waals surface area contributed by atoms with Crippen molar-refractivity contribution >= 4 is 47.6 Å². The average molecular weight is 516 g/mol. The number of nitrogens with zero attached hydrogens (tertiary/aromatic N) is 1. The second-order valence-corrected chi connectivity index (χ2v) is 9.20. The zero-order chi connectivity index (χ0) is 19.0. The quantitative estimate of drug-likeness (QED) is 0.202. The van der Waals surface area contributed by atoms with E-state index in [9.17, 15) is 4.79 Å². The van der Waals surface area contributed by atoms with E-state index in [1.165, 1.54) is 43.4 Å². The summed E-state index contributed by atoms with van der Waals surface area (Å²) in [5.74, 6) is 1.59. The highest BCUT2D eigenvalue weighted by Gasteiger charge is 2.43. The molecule has 1 amide bonds. The first kappa shape index (κ1) is 23.3. The zero-order valence-electron chi connectivity index (χ0n) is 16.7. The van der Waals surface area contributed by atoms with Gasteiger partial charge in [-0.3, -0.25) is 9.79 Å². The van der Waals surface area contributed by atoms with Crippen LogP contribution in [0.2, 0.25) is 0 Å².